The lowest BCUT2D eigenvalue weighted by atomic mass is 9.96. The Hall–Kier alpha value is -2.26. The molecule has 0 spiro atoms. The van der Waals surface area contributed by atoms with Gasteiger partial charge in [-0.2, -0.15) is 5.26 Å². The van der Waals surface area contributed by atoms with Gasteiger partial charge in [-0.1, -0.05) is 30.0 Å². The van der Waals surface area contributed by atoms with Gasteiger partial charge in [0.1, 0.15) is 11.6 Å². The molecule has 106 valence electrons. The van der Waals surface area contributed by atoms with Crippen molar-refractivity contribution in [3.05, 3.63) is 39.7 Å². The third kappa shape index (κ3) is 2.41. The zero-order chi connectivity index (χ0) is 14.8. The SMILES string of the molecule is CSc1nc(-c2cccc3c2NCCC3)c(C#N)c(=O)[nH]1. The normalized spacial score (nSPS) is 13.1. The highest BCUT2D eigenvalue weighted by atomic mass is 32.2. The third-order valence-corrected chi connectivity index (χ3v) is 4.11. The molecule has 2 aromatic rings. The summed E-state index contributed by atoms with van der Waals surface area (Å²) in [7, 11) is 0. The fraction of sp³-hybridized carbons (Fsp3) is 0.267. The number of thioether (sulfide) groups is 1. The number of benzene rings is 1. The lowest BCUT2D eigenvalue weighted by Gasteiger charge is -2.21. The van der Waals surface area contributed by atoms with E-state index in [0.717, 1.165) is 30.6 Å². The number of aromatic amines is 1. The molecule has 0 saturated carbocycles. The Labute approximate surface area is 126 Å². The van der Waals surface area contributed by atoms with E-state index in [2.05, 4.69) is 21.4 Å². The molecule has 0 atom stereocenters. The Morgan fingerprint density at radius 2 is 2.29 bits per heavy atom. The number of hydrogen-bond acceptors (Lipinski definition) is 5. The number of aromatic nitrogens is 2. The quantitative estimate of drug-likeness (QED) is 0.657. The second-order valence-electron chi connectivity index (χ2n) is 4.78. The average Bonchev–Trinajstić information content (AvgIpc) is 2.53. The number of fused-ring (bicyclic) bond motifs is 1. The van der Waals surface area contributed by atoms with Crippen LogP contribution in [0.15, 0.2) is 28.2 Å². The summed E-state index contributed by atoms with van der Waals surface area (Å²) in [5, 5.41) is 13.2. The first-order valence-corrected chi connectivity index (χ1v) is 7.91. The van der Waals surface area contributed by atoms with E-state index < -0.39 is 0 Å². The fourth-order valence-electron chi connectivity index (χ4n) is 2.55. The summed E-state index contributed by atoms with van der Waals surface area (Å²) in [5.41, 5.74) is 3.15. The first-order valence-electron chi connectivity index (χ1n) is 6.69. The summed E-state index contributed by atoms with van der Waals surface area (Å²) in [4.78, 5) is 19.1. The van der Waals surface area contributed by atoms with Crippen LogP contribution in [0.5, 0.6) is 0 Å². The number of anilines is 1. The third-order valence-electron chi connectivity index (χ3n) is 3.53. The van der Waals surface area contributed by atoms with Gasteiger partial charge in [0, 0.05) is 17.8 Å². The molecule has 0 amide bonds. The maximum Gasteiger partial charge on any atom is 0.270 e. The molecule has 1 aromatic carbocycles. The number of hydrogen-bond donors (Lipinski definition) is 2. The van der Waals surface area contributed by atoms with E-state index in [-0.39, 0.29) is 11.1 Å². The van der Waals surface area contributed by atoms with Gasteiger partial charge in [0.05, 0.1) is 5.69 Å². The average molecular weight is 298 g/mol. The minimum Gasteiger partial charge on any atom is -0.384 e. The smallest absolute Gasteiger partial charge is 0.270 e. The Bertz CT molecular complexity index is 791. The van der Waals surface area contributed by atoms with Crippen molar-refractivity contribution < 1.29 is 0 Å². The largest absolute Gasteiger partial charge is 0.384 e. The molecule has 2 heterocycles. The monoisotopic (exact) mass is 298 g/mol. The van der Waals surface area contributed by atoms with Crippen LogP contribution in [-0.2, 0) is 6.42 Å². The maximum absolute atomic E-state index is 12.0. The van der Waals surface area contributed by atoms with E-state index in [4.69, 9.17) is 0 Å². The zero-order valence-electron chi connectivity index (χ0n) is 11.6. The molecule has 0 saturated heterocycles. The highest BCUT2D eigenvalue weighted by Crippen LogP contribution is 2.34. The number of nitriles is 1. The van der Waals surface area contributed by atoms with Crippen LogP contribution in [0.3, 0.4) is 0 Å². The maximum atomic E-state index is 12.0. The molecule has 0 radical (unpaired) electrons. The minimum absolute atomic E-state index is 0.0635. The van der Waals surface area contributed by atoms with Crippen LogP contribution in [0.2, 0.25) is 0 Å². The Balaban J connectivity index is 2.28. The molecule has 5 nitrogen and oxygen atoms in total. The van der Waals surface area contributed by atoms with E-state index in [9.17, 15) is 10.1 Å². The lowest BCUT2D eigenvalue weighted by molar-refractivity contribution is 0.830. The number of H-pyrrole nitrogens is 1. The van der Waals surface area contributed by atoms with Gasteiger partial charge in [0.25, 0.3) is 5.56 Å². The van der Waals surface area contributed by atoms with E-state index in [1.165, 1.54) is 17.3 Å². The molecular weight excluding hydrogens is 284 g/mol. The van der Waals surface area contributed by atoms with Crippen molar-refractivity contribution in [2.45, 2.75) is 18.0 Å². The van der Waals surface area contributed by atoms with Gasteiger partial charge >= 0.3 is 0 Å². The van der Waals surface area contributed by atoms with Gasteiger partial charge in [0.15, 0.2) is 5.16 Å². The van der Waals surface area contributed by atoms with Gasteiger partial charge < -0.3 is 10.3 Å². The Kier molecular flexibility index (Phi) is 3.67. The van der Waals surface area contributed by atoms with Gasteiger partial charge in [-0.05, 0) is 24.7 Å². The van der Waals surface area contributed by atoms with Crippen molar-refractivity contribution in [1.29, 1.82) is 5.26 Å². The topological polar surface area (TPSA) is 81.6 Å². The van der Waals surface area contributed by atoms with Crippen LogP contribution in [-0.4, -0.2) is 22.8 Å². The first-order chi connectivity index (χ1) is 10.2. The molecule has 3 rings (SSSR count). The van der Waals surface area contributed by atoms with Gasteiger partial charge in [-0.15, -0.1) is 0 Å². The number of nitrogens with one attached hydrogen (secondary N) is 2. The molecular formula is C15H14N4OS. The van der Waals surface area contributed by atoms with Crippen LogP contribution in [0, 0.1) is 11.3 Å². The molecule has 1 aliphatic heterocycles. The summed E-state index contributed by atoms with van der Waals surface area (Å²) in [6, 6.07) is 7.90. The van der Waals surface area contributed by atoms with E-state index in [1.54, 1.807) is 0 Å². The lowest BCUT2D eigenvalue weighted by Crippen LogP contribution is -2.17. The van der Waals surface area contributed by atoms with Crippen LogP contribution in [0.1, 0.15) is 17.5 Å². The predicted molar refractivity (Wildman–Crippen MR) is 83.6 cm³/mol. The summed E-state index contributed by atoms with van der Waals surface area (Å²) in [5.74, 6) is 0. The van der Waals surface area contributed by atoms with Crippen LogP contribution < -0.4 is 10.9 Å². The number of nitrogens with zero attached hydrogens (tertiary/aromatic N) is 2. The summed E-state index contributed by atoms with van der Waals surface area (Å²) < 4.78 is 0. The summed E-state index contributed by atoms with van der Waals surface area (Å²) in [6.45, 7) is 0.893. The van der Waals surface area contributed by atoms with Crippen LogP contribution in [0.4, 0.5) is 5.69 Å². The van der Waals surface area contributed by atoms with E-state index in [1.807, 2.05) is 24.5 Å². The molecule has 21 heavy (non-hydrogen) atoms. The molecule has 0 unspecified atom stereocenters. The molecule has 1 aromatic heterocycles. The molecule has 0 aliphatic carbocycles. The van der Waals surface area contributed by atoms with E-state index in [0.29, 0.717) is 10.9 Å². The molecule has 0 fully saturated rings. The molecule has 1 aliphatic rings. The molecule has 6 heteroatoms. The summed E-state index contributed by atoms with van der Waals surface area (Å²) >= 11 is 1.35. The molecule has 2 N–H and O–H groups in total. The second-order valence-corrected chi connectivity index (χ2v) is 5.58. The standard InChI is InChI=1S/C15H14N4OS/c1-21-15-18-13(11(8-16)14(20)19-15)10-6-2-4-9-5-3-7-17-12(9)10/h2,4,6,17H,3,5,7H2,1H3,(H,18,19,20). The van der Waals surface area contributed by atoms with Crippen molar-refractivity contribution >= 4 is 17.4 Å². The van der Waals surface area contributed by atoms with Crippen molar-refractivity contribution in [3.63, 3.8) is 0 Å². The molecule has 0 bridgehead atoms. The highest BCUT2D eigenvalue weighted by Gasteiger charge is 2.19. The van der Waals surface area contributed by atoms with Gasteiger partial charge in [-0.3, -0.25) is 4.79 Å². The van der Waals surface area contributed by atoms with Crippen LogP contribution >= 0.6 is 11.8 Å². The highest BCUT2D eigenvalue weighted by molar-refractivity contribution is 7.98. The minimum atomic E-state index is -0.389. The zero-order valence-corrected chi connectivity index (χ0v) is 12.4. The van der Waals surface area contributed by atoms with Crippen molar-refractivity contribution in [2.24, 2.45) is 0 Å². The number of rotatable bonds is 2. The van der Waals surface area contributed by atoms with Gasteiger partial charge in [0.2, 0.25) is 0 Å². The number of aryl methyl sites for hydroxylation is 1. The van der Waals surface area contributed by atoms with Crippen molar-refractivity contribution in [1.82, 2.24) is 9.97 Å². The van der Waals surface area contributed by atoms with Gasteiger partial charge in [-0.25, -0.2) is 4.98 Å². The summed E-state index contributed by atoms with van der Waals surface area (Å²) in [6.07, 6.45) is 3.92. The Morgan fingerprint density at radius 3 is 3.05 bits per heavy atom. The second kappa shape index (κ2) is 5.62. The van der Waals surface area contributed by atoms with Crippen molar-refractivity contribution in [3.8, 4) is 17.3 Å². The van der Waals surface area contributed by atoms with Crippen molar-refractivity contribution in [2.75, 3.05) is 18.1 Å². The predicted octanol–water partition coefficient (Wildman–Crippen LogP) is 2.39. The van der Waals surface area contributed by atoms with E-state index >= 15 is 0 Å². The Morgan fingerprint density at radius 1 is 1.43 bits per heavy atom. The first kappa shape index (κ1) is 13.7. The number of para-hydroxylation sites is 1. The fourth-order valence-corrected chi connectivity index (χ4v) is 2.93. The van der Waals surface area contributed by atoms with Crippen LogP contribution in [0.25, 0.3) is 11.3 Å².